The van der Waals surface area contributed by atoms with Crippen molar-refractivity contribution in [3.05, 3.63) is 51.7 Å². The number of unbranched alkanes of at least 4 members (excludes halogenated alkanes) is 2. The number of fused-ring (bicyclic) bond motifs is 1. The number of aryl methyl sites for hydroxylation is 1. The fourth-order valence-corrected chi connectivity index (χ4v) is 7.35. The van der Waals surface area contributed by atoms with Crippen molar-refractivity contribution in [2.45, 2.75) is 99.5 Å². The summed E-state index contributed by atoms with van der Waals surface area (Å²) in [6.07, 6.45) is 11.5. The van der Waals surface area contributed by atoms with Crippen molar-refractivity contribution in [1.29, 1.82) is 0 Å². The zero-order chi connectivity index (χ0) is 34.6. The number of likely N-dealkylation sites (N-methyl/N-ethyl adjacent to an activating group) is 1. The fourth-order valence-electron chi connectivity index (χ4n) is 6.33. The molecule has 0 saturated heterocycles. The Bertz CT molecular complexity index is 1610. The number of aromatic nitrogens is 4. The maximum atomic E-state index is 14.0. The van der Waals surface area contributed by atoms with E-state index in [2.05, 4.69) is 72.8 Å². The van der Waals surface area contributed by atoms with E-state index < -0.39 is 0 Å². The summed E-state index contributed by atoms with van der Waals surface area (Å²) < 4.78 is 7.19. The largest absolute Gasteiger partial charge is 0.497 e. The second-order valence-electron chi connectivity index (χ2n) is 13.0. The number of nitrogens with zero attached hydrogens (tertiary/aromatic N) is 6. The van der Waals surface area contributed by atoms with Crippen molar-refractivity contribution in [2.24, 2.45) is 11.8 Å². The Labute approximate surface area is 291 Å². The molecule has 0 aliphatic rings. The minimum absolute atomic E-state index is 0.103. The van der Waals surface area contributed by atoms with Gasteiger partial charge in [0.15, 0.2) is 11.5 Å². The highest BCUT2D eigenvalue weighted by Gasteiger charge is 2.24. The zero-order valence-corrected chi connectivity index (χ0v) is 31.0. The van der Waals surface area contributed by atoms with Crippen molar-refractivity contribution >= 4 is 34.0 Å². The van der Waals surface area contributed by atoms with Crippen LogP contribution >= 0.6 is 11.3 Å². The van der Waals surface area contributed by atoms with E-state index in [9.17, 15) is 9.90 Å². The second-order valence-corrected chi connectivity index (χ2v) is 14.0. The number of ether oxygens (including phenoxy) is 1. The van der Waals surface area contributed by atoms with Crippen LogP contribution in [0, 0.1) is 18.8 Å². The van der Waals surface area contributed by atoms with Crippen molar-refractivity contribution in [3.8, 4) is 17.1 Å². The van der Waals surface area contributed by atoms with Crippen molar-refractivity contribution in [2.75, 3.05) is 38.2 Å². The third-order valence-corrected chi connectivity index (χ3v) is 10.6. The lowest BCUT2D eigenvalue weighted by Gasteiger charge is -2.33. The van der Waals surface area contributed by atoms with Gasteiger partial charge in [-0.2, -0.15) is 9.61 Å². The number of hydrogen-bond donors (Lipinski definition) is 1. The van der Waals surface area contributed by atoms with Gasteiger partial charge in [-0.15, -0.1) is 21.5 Å². The molecule has 0 spiro atoms. The SMILES string of the molecule is CCCCC(CC)CN(CC(CC)CCCC)C(=O)CN(CC)c1ccc(C=c2c(C)nn3c(-c4cc(CO)cc(OC)c4)nnc23)s1. The van der Waals surface area contributed by atoms with Crippen LogP contribution in [0.2, 0.25) is 0 Å². The summed E-state index contributed by atoms with van der Waals surface area (Å²) in [7, 11) is 1.60. The van der Waals surface area contributed by atoms with E-state index in [4.69, 9.17) is 9.84 Å². The Balaban J connectivity index is 1.57. The van der Waals surface area contributed by atoms with E-state index in [-0.39, 0.29) is 12.5 Å². The van der Waals surface area contributed by atoms with Gasteiger partial charge in [-0.05, 0) is 80.5 Å². The molecular weight excluding hydrogens is 621 g/mol. The first-order chi connectivity index (χ1) is 23.3. The third-order valence-electron chi connectivity index (χ3n) is 9.48. The molecule has 2 unspecified atom stereocenters. The second kappa shape index (κ2) is 18.3. The summed E-state index contributed by atoms with van der Waals surface area (Å²) in [6, 6.07) is 9.78. The van der Waals surface area contributed by atoms with Gasteiger partial charge in [-0.25, -0.2) is 0 Å². The van der Waals surface area contributed by atoms with Crippen molar-refractivity contribution in [1.82, 2.24) is 24.7 Å². The maximum Gasteiger partial charge on any atom is 0.242 e. The number of carbonyl (C=O) groups excluding carboxylic acids is 1. The molecule has 4 aromatic rings. The van der Waals surface area contributed by atoms with Gasteiger partial charge in [0.1, 0.15) is 5.75 Å². The molecule has 1 aromatic carbocycles. The average molecular weight is 677 g/mol. The summed E-state index contributed by atoms with van der Waals surface area (Å²) in [4.78, 5) is 19.5. The van der Waals surface area contributed by atoms with Crippen molar-refractivity contribution in [3.63, 3.8) is 0 Å². The van der Waals surface area contributed by atoms with Crippen molar-refractivity contribution < 1.29 is 14.6 Å². The lowest BCUT2D eigenvalue weighted by molar-refractivity contribution is -0.131. The minimum Gasteiger partial charge on any atom is -0.497 e. The number of benzene rings is 1. The summed E-state index contributed by atoms with van der Waals surface area (Å²) >= 11 is 1.68. The molecule has 3 aromatic heterocycles. The van der Waals surface area contributed by atoms with Crippen LogP contribution in [0.5, 0.6) is 5.75 Å². The van der Waals surface area contributed by atoms with Crippen LogP contribution in [0.1, 0.15) is 102 Å². The number of rotatable bonds is 20. The molecule has 10 heteroatoms. The molecule has 0 radical (unpaired) electrons. The van der Waals surface area contributed by atoms with Gasteiger partial charge in [-0.1, -0.05) is 66.2 Å². The Hall–Kier alpha value is -3.50. The molecule has 0 saturated carbocycles. The first kappa shape index (κ1) is 37.3. The Morgan fingerprint density at radius 1 is 1.00 bits per heavy atom. The summed E-state index contributed by atoms with van der Waals surface area (Å²) in [6.45, 7) is 15.9. The van der Waals surface area contributed by atoms with E-state index in [1.54, 1.807) is 29.0 Å². The number of carbonyl (C=O) groups is 1. The van der Waals surface area contributed by atoms with Crippen LogP contribution in [0.3, 0.4) is 0 Å². The smallest absolute Gasteiger partial charge is 0.242 e. The topological polar surface area (TPSA) is 96.1 Å². The highest BCUT2D eigenvalue weighted by Crippen LogP contribution is 2.28. The lowest BCUT2D eigenvalue weighted by atomic mass is 9.95. The number of methoxy groups -OCH3 is 1. The van der Waals surface area contributed by atoms with Gasteiger partial charge in [0, 0.05) is 35.3 Å². The third kappa shape index (κ3) is 9.35. The molecule has 48 heavy (non-hydrogen) atoms. The molecule has 4 rings (SSSR count). The fraction of sp³-hybridized carbons (Fsp3) is 0.579. The van der Waals surface area contributed by atoms with Crippen LogP contribution in [-0.4, -0.2) is 69.0 Å². The minimum atomic E-state index is -0.103. The first-order valence-corrected chi connectivity index (χ1v) is 18.7. The van der Waals surface area contributed by atoms with E-state index in [1.165, 1.54) is 38.5 Å². The number of aliphatic hydroxyl groups excluding tert-OH is 1. The van der Waals surface area contributed by atoms with Gasteiger partial charge >= 0.3 is 0 Å². The van der Waals surface area contributed by atoms with Crippen LogP contribution in [0.25, 0.3) is 23.1 Å². The molecule has 0 aliphatic carbocycles. The van der Waals surface area contributed by atoms with Gasteiger partial charge < -0.3 is 19.6 Å². The van der Waals surface area contributed by atoms with Gasteiger partial charge in [0.2, 0.25) is 5.91 Å². The first-order valence-electron chi connectivity index (χ1n) is 17.9. The number of aliphatic hydroxyl groups is 1. The number of amides is 1. The molecule has 1 N–H and O–H groups in total. The number of hydrogen-bond acceptors (Lipinski definition) is 8. The molecule has 0 aliphatic heterocycles. The van der Waals surface area contributed by atoms with E-state index in [0.29, 0.717) is 35.6 Å². The van der Waals surface area contributed by atoms with Crippen LogP contribution in [0.15, 0.2) is 30.3 Å². The molecule has 2 atom stereocenters. The molecule has 1 amide bonds. The highest BCUT2D eigenvalue weighted by atomic mass is 32.1. The van der Waals surface area contributed by atoms with E-state index in [0.717, 1.165) is 64.4 Å². The van der Waals surface area contributed by atoms with Crippen LogP contribution in [-0.2, 0) is 11.4 Å². The standard InChI is InChI=1S/C38H56N6O3S/c1-8-13-15-28(10-3)23-43(24-29(11-4)16-14-9-2)35(46)25-42(12-5)36-18-17-33(48-36)22-34-27(6)41-44-37(39-40-38(34)44)31-19-30(26-45)20-32(21-31)47-7/h17-22,28-29,45H,8-16,23-26H2,1-7H3. The van der Waals surface area contributed by atoms with E-state index >= 15 is 0 Å². The Kier molecular flexibility index (Phi) is 14.2. The molecule has 262 valence electrons. The summed E-state index contributed by atoms with van der Waals surface area (Å²) in [5.74, 6) is 2.56. The summed E-state index contributed by atoms with van der Waals surface area (Å²) in [5.41, 5.74) is 3.03. The van der Waals surface area contributed by atoms with Gasteiger partial charge in [-0.3, -0.25) is 4.79 Å². The zero-order valence-electron chi connectivity index (χ0n) is 30.2. The molecule has 9 nitrogen and oxygen atoms in total. The predicted molar refractivity (Wildman–Crippen MR) is 198 cm³/mol. The monoisotopic (exact) mass is 676 g/mol. The lowest BCUT2D eigenvalue weighted by Crippen LogP contribution is -2.44. The van der Waals surface area contributed by atoms with Gasteiger partial charge in [0.05, 0.1) is 31.0 Å². The Morgan fingerprint density at radius 2 is 1.69 bits per heavy atom. The maximum absolute atomic E-state index is 14.0. The number of anilines is 1. The normalized spacial score (nSPS) is 13.3. The molecule has 0 fully saturated rings. The molecule has 3 heterocycles. The summed E-state index contributed by atoms with van der Waals surface area (Å²) in [5, 5.41) is 25.5. The Morgan fingerprint density at radius 3 is 2.27 bits per heavy atom. The molecule has 0 bridgehead atoms. The highest BCUT2D eigenvalue weighted by molar-refractivity contribution is 7.16. The number of thiophene rings is 1. The van der Waals surface area contributed by atoms with Crippen LogP contribution in [0.4, 0.5) is 5.00 Å². The predicted octanol–water partition coefficient (Wildman–Crippen LogP) is 7.30. The quantitative estimate of drug-likeness (QED) is 0.105. The van der Waals surface area contributed by atoms with E-state index in [1.807, 2.05) is 19.1 Å². The average Bonchev–Trinajstić information content (AvgIpc) is 3.82. The molecular formula is C38H56N6O3S. The van der Waals surface area contributed by atoms with Gasteiger partial charge in [0.25, 0.3) is 0 Å². The van der Waals surface area contributed by atoms with Crippen LogP contribution < -0.4 is 14.9 Å².